The number of aryl methyl sites for hydroxylation is 2. The third-order valence-electron chi connectivity index (χ3n) is 4.34. The van der Waals surface area contributed by atoms with Gasteiger partial charge in [-0.15, -0.1) is 10.2 Å². The highest BCUT2D eigenvalue weighted by Crippen LogP contribution is 2.22. The van der Waals surface area contributed by atoms with E-state index >= 15 is 0 Å². The van der Waals surface area contributed by atoms with E-state index in [1.54, 1.807) is 28.8 Å². The van der Waals surface area contributed by atoms with E-state index in [1.165, 1.54) is 23.9 Å². The Labute approximate surface area is 171 Å². The molecule has 0 atom stereocenters. The number of fused-ring (bicyclic) bond motifs is 1. The van der Waals surface area contributed by atoms with Crippen LogP contribution >= 0.6 is 11.8 Å². The third-order valence-corrected chi connectivity index (χ3v) is 5.26. The van der Waals surface area contributed by atoms with Crippen molar-refractivity contribution in [1.29, 1.82) is 0 Å². The average molecular weight is 407 g/mol. The number of hydrogen-bond acceptors (Lipinski definition) is 5. The Hall–Kier alpha value is -3.26. The lowest BCUT2D eigenvalue weighted by molar-refractivity contribution is -0.113. The van der Waals surface area contributed by atoms with Crippen LogP contribution in [0.3, 0.4) is 0 Å². The van der Waals surface area contributed by atoms with Crippen LogP contribution in [0.5, 0.6) is 0 Å². The number of hydrogen-bond donors (Lipinski definition) is 1. The van der Waals surface area contributed by atoms with E-state index < -0.39 is 0 Å². The predicted molar refractivity (Wildman–Crippen MR) is 111 cm³/mol. The molecule has 4 aromatic rings. The van der Waals surface area contributed by atoms with Gasteiger partial charge in [-0.2, -0.15) is 9.61 Å². The molecule has 8 heteroatoms. The lowest BCUT2D eigenvalue weighted by atomic mass is 10.1. The zero-order valence-corrected chi connectivity index (χ0v) is 16.7. The Balaban J connectivity index is 1.50. The highest BCUT2D eigenvalue weighted by Gasteiger charge is 2.12. The molecule has 0 fully saturated rings. The summed E-state index contributed by atoms with van der Waals surface area (Å²) in [4.78, 5) is 12.4. The molecule has 2 aromatic carbocycles. The Morgan fingerprint density at radius 3 is 2.79 bits per heavy atom. The summed E-state index contributed by atoms with van der Waals surface area (Å²) in [5.74, 6) is 0.193. The van der Waals surface area contributed by atoms with Gasteiger partial charge in [0.1, 0.15) is 10.8 Å². The molecule has 1 amide bonds. The summed E-state index contributed by atoms with van der Waals surface area (Å²) in [6, 6.07) is 15.6. The lowest BCUT2D eigenvalue weighted by Gasteiger charge is -2.09. The molecule has 6 nitrogen and oxygen atoms in total. The van der Waals surface area contributed by atoms with Crippen molar-refractivity contribution in [3.63, 3.8) is 0 Å². The highest BCUT2D eigenvalue weighted by atomic mass is 32.2. The number of amides is 1. The van der Waals surface area contributed by atoms with Crippen LogP contribution in [-0.4, -0.2) is 31.5 Å². The molecule has 0 radical (unpaired) electrons. The van der Waals surface area contributed by atoms with Crippen molar-refractivity contribution < 1.29 is 9.18 Å². The van der Waals surface area contributed by atoms with Gasteiger partial charge in [0.25, 0.3) is 0 Å². The molecule has 4 rings (SSSR count). The summed E-state index contributed by atoms with van der Waals surface area (Å²) < 4.78 is 15.1. The summed E-state index contributed by atoms with van der Waals surface area (Å²) in [6.45, 7) is 3.94. The fourth-order valence-corrected chi connectivity index (χ4v) is 3.51. The van der Waals surface area contributed by atoms with Crippen molar-refractivity contribution in [3.8, 4) is 11.4 Å². The van der Waals surface area contributed by atoms with Crippen LogP contribution in [-0.2, 0) is 4.79 Å². The van der Waals surface area contributed by atoms with E-state index in [4.69, 9.17) is 0 Å². The van der Waals surface area contributed by atoms with Crippen LogP contribution in [0, 0.1) is 19.7 Å². The molecule has 0 saturated heterocycles. The molecule has 29 heavy (non-hydrogen) atoms. The zero-order valence-electron chi connectivity index (χ0n) is 15.9. The average Bonchev–Trinajstić information content (AvgIpc) is 3.12. The number of thioether (sulfide) groups is 1. The maximum absolute atomic E-state index is 13.6. The second kappa shape index (κ2) is 8.00. The number of carbonyl (C=O) groups excluding carboxylic acids is 1. The summed E-state index contributed by atoms with van der Waals surface area (Å²) >= 11 is 1.31. The van der Waals surface area contributed by atoms with Gasteiger partial charge in [-0.3, -0.25) is 4.79 Å². The number of nitrogens with zero attached hydrogens (tertiary/aromatic N) is 4. The normalized spacial score (nSPS) is 11.0. The van der Waals surface area contributed by atoms with E-state index in [1.807, 2.05) is 32.0 Å². The number of rotatable bonds is 5. The Kier molecular flexibility index (Phi) is 5.26. The molecular weight excluding hydrogens is 389 g/mol. The van der Waals surface area contributed by atoms with Crippen molar-refractivity contribution in [3.05, 3.63) is 71.5 Å². The molecule has 0 bridgehead atoms. The fraction of sp³-hybridized carbons (Fsp3) is 0.143. The summed E-state index contributed by atoms with van der Waals surface area (Å²) in [5, 5.41) is 16.3. The molecule has 2 heterocycles. The smallest absolute Gasteiger partial charge is 0.234 e. The molecular formula is C21H18FN5OS. The minimum Gasteiger partial charge on any atom is -0.325 e. The number of benzene rings is 2. The fourth-order valence-electron chi connectivity index (χ4n) is 2.85. The maximum atomic E-state index is 13.6. The largest absolute Gasteiger partial charge is 0.325 e. The Morgan fingerprint density at radius 1 is 1.10 bits per heavy atom. The van der Waals surface area contributed by atoms with Gasteiger partial charge >= 0.3 is 0 Å². The van der Waals surface area contributed by atoms with Crippen LogP contribution in [0.25, 0.3) is 17.0 Å². The van der Waals surface area contributed by atoms with E-state index in [-0.39, 0.29) is 17.5 Å². The molecule has 0 aliphatic carbocycles. The quantitative estimate of drug-likeness (QED) is 0.500. The van der Waals surface area contributed by atoms with Gasteiger partial charge in [-0.05, 0) is 55.3 Å². The second-order valence-corrected chi connectivity index (χ2v) is 7.63. The van der Waals surface area contributed by atoms with Crippen LogP contribution in [0.2, 0.25) is 0 Å². The first-order valence-corrected chi connectivity index (χ1v) is 9.96. The van der Waals surface area contributed by atoms with Gasteiger partial charge in [0.05, 0.1) is 5.75 Å². The molecule has 0 aliphatic rings. The molecule has 0 unspecified atom stereocenters. The van der Waals surface area contributed by atoms with Gasteiger partial charge in [0.15, 0.2) is 11.5 Å². The van der Waals surface area contributed by atoms with Gasteiger partial charge < -0.3 is 5.32 Å². The standard InChI is InChI=1S/C21H18FN5OS/c1-13-6-7-14(2)17(10-13)23-19(28)12-29-20-9-8-18-24-25-21(27(18)26-20)15-4-3-5-16(22)11-15/h3-11H,12H2,1-2H3,(H,23,28). The monoisotopic (exact) mass is 407 g/mol. The summed E-state index contributed by atoms with van der Waals surface area (Å²) in [5.41, 5.74) is 4.04. The molecule has 0 spiro atoms. The van der Waals surface area contributed by atoms with E-state index in [0.717, 1.165) is 16.8 Å². The van der Waals surface area contributed by atoms with Gasteiger partial charge in [-0.25, -0.2) is 4.39 Å². The first-order chi connectivity index (χ1) is 14.0. The van der Waals surface area contributed by atoms with Crippen LogP contribution < -0.4 is 5.32 Å². The Morgan fingerprint density at radius 2 is 1.97 bits per heavy atom. The lowest BCUT2D eigenvalue weighted by Crippen LogP contribution is -2.15. The second-order valence-electron chi connectivity index (χ2n) is 6.63. The number of anilines is 1. The van der Waals surface area contributed by atoms with Gasteiger partial charge in [0, 0.05) is 11.3 Å². The minimum absolute atomic E-state index is 0.111. The molecule has 146 valence electrons. The van der Waals surface area contributed by atoms with Crippen molar-refractivity contribution in [2.45, 2.75) is 18.9 Å². The highest BCUT2D eigenvalue weighted by molar-refractivity contribution is 7.99. The van der Waals surface area contributed by atoms with Crippen molar-refractivity contribution in [1.82, 2.24) is 19.8 Å². The van der Waals surface area contributed by atoms with E-state index in [2.05, 4.69) is 20.6 Å². The van der Waals surface area contributed by atoms with E-state index in [0.29, 0.717) is 22.1 Å². The van der Waals surface area contributed by atoms with E-state index in [9.17, 15) is 9.18 Å². The predicted octanol–water partition coefficient (Wildman–Crippen LogP) is 4.28. The third kappa shape index (κ3) is 4.27. The number of aromatic nitrogens is 4. The summed E-state index contributed by atoms with van der Waals surface area (Å²) in [7, 11) is 0. The molecule has 1 N–H and O–H groups in total. The first kappa shape index (κ1) is 19.1. The SMILES string of the molecule is Cc1ccc(C)c(NC(=O)CSc2ccc3nnc(-c4cccc(F)c4)n3n2)c1. The Bertz CT molecular complexity index is 1210. The maximum Gasteiger partial charge on any atom is 0.234 e. The first-order valence-electron chi connectivity index (χ1n) is 8.98. The van der Waals surface area contributed by atoms with Gasteiger partial charge in [-0.1, -0.05) is 36.0 Å². The zero-order chi connectivity index (χ0) is 20.4. The molecule has 0 saturated carbocycles. The van der Waals surface area contributed by atoms with Gasteiger partial charge in [0.2, 0.25) is 5.91 Å². The summed E-state index contributed by atoms with van der Waals surface area (Å²) in [6.07, 6.45) is 0. The number of halogens is 1. The van der Waals surface area contributed by atoms with Crippen LogP contribution in [0.1, 0.15) is 11.1 Å². The van der Waals surface area contributed by atoms with Crippen molar-refractivity contribution in [2.24, 2.45) is 0 Å². The number of nitrogens with one attached hydrogen (secondary N) is 1. The molecule has 2 aromatic heterocycles. The molecule has 0 aliphatic heterocycles. The topological polar surface area (TPSA) is 72.2 Å². The van der Waals surface area contributed by atoms with Crippen LogP contribution in [0.4, 0.5) is 10.1 Å². The minimum atomic E-state index is -0.354. The van der Waals surface area contributed by atoms with Crippen LogP contribution in [0.15, 0.2) is 59.6 Å². The van der Waals surface area contributed by atoms with Crippen molar-refractivity contribution in [2.75, 3.05) is 11.1 Å². The number of carbonyl (C=O) groups is 1. The van der Waals surface area contributed by atoms with Crippen molar-refractivity contribution >= 4 is 29.0 Å².